The summed E-state index contributed by atoms with van der Waals surface area (Å²) in [6.45, 7) is 0. The number of aromatic nitrogens is 2. The lowest BCUT2D eigenvalue weighted by atomic mass is 10.2. The highest BCUT2D eigenvalue weighted by atomic mass is 16.5. The Morgan fingerprint density at radius 1 is 1.40 bits per heavy atom. The largest absolute Gasteiger partial charge is 0.497 e. The molecule has 0 saturated carbocycles. The fourth-order valence-corrected chi connectivity index (χ4v) is 2.14. The molecule has 1 N–H and O–H groups in total. The minimum Gasteiger partial charge on any atom is -0.497 e. The monoisotopic (exact) mass is 272 g/mol. The fraction of sp³-hybridized carbons (Fsp3) is 0.143. The molecule has 0 unspecified atom stereocenters. The number of carboxylic acids is 1. The first-order valence-corrected chi connectivity index (χ1v) is 5.93. The molecule has 2 heterocycles. The summed E-state index contributed by atoms with van der Waals surface area (Å²) in [5, 5.41) is 14.0. The van der Waals surface area contributed by atoms with E-state index >= 15 is 0 Å². The van der Waals surface area contributed by atoms with E-state index in [1.165, 1.54) is 10.9 Å². The van der Waals surface area contributed by atoms with Crippen LogP contribution in [0.3, 0.4) is 0 Å². The number of methoxy groups -OCH3 is 1. The Balaban J connectivity index is 2.20. The van der Waals surface area contributed by atoms with Gasteiger partial charge < -0.3 is 14.3 Å². The van der Waals surface area contributed by atoms with Crippen LogP contribution in [0.15, 0.2) is 34.9 Å². The molecule has 20 heavy (non-hydrogen) atoms. The molecule has 0 aliphatic rings. The smallest absolute Gasteiger partial charge is 0.339 e. The maximum absolute atomic E-state index is 11.2. The van der Waals surface area contributed by atoms with Gasteiger partial charge in [-0.2, -0.15) is 5.10 Å². The van der Waals surface area contributed by atoms with Gasteiger partial charge in [0.05, 0.1) is 13.3 Å². The summed E-state index contributed by atoms with van der Waals surface area (Å²) in [6.07, 6.45) is 1.31. The maximum Gasteiger partial charge on any atom is 0.339 e. The molecule has 0 atom stereocenters. The number of furan rings is 1. The van der Waals surface area contributed by atoms with Crippen LogP contribution in [0, 0.1) is 0 Å². The number of aromatic carboxylic acids is 1. The Kier molecular flexibility index (Phi) is 2.71. The Morgan fingerprint density at radius 3 is 2.90 bits per heavy atom. The SMILES string of the molecule is COc1ccc2cc(-c3c(C(=O)O)cnn3C)oc2c1. The van der Waals surface area contributed by atoms with Crippen molar-refractivity contribution in [3.8, 4) is 17.2 Å². The van der Waals surface area contributed by atoms with Gasteiger partial charge in [0, 0.05) is 18.5 Å². The van der Waals surface area contributed by atoms with Gasteiger partial charge in [-0.25, -0.2) is 4.79 Å². The molecule has 6 heteroatoms. The van der Waals surface area contributed by atoms with Gasteiger partial charge in [0.2, 0.25) is 0 Å². The summed E-state index contributed by atoms with van der Waals surface area (Å²) in [6, 6.07) is 7.23. The normalized spacial score (nSPS) is 10.9. The van der Waals surface area contributed by atoms with Gasteiger partial charge in [0.25, 0.3) is 0 Å². The van der Waals surface area contributed by atoms with Crippen molar-refractivity contribution in [2.75, 3.05) is 7.11 Å². The van der Waals surface area contributed by atoms with E-state index in [9.17, 15) is 9.90 Å². The Morgan fingerprint density at radius 2 is 2.20 bits per heavy atom. The molecule has 6 nitrogen and oxygen atoms in total. The van der Waals surface area contributed by atoms with E-state index in [0.717, 1.165) is 5.39 Å². The first kappa shape index (κ1) is 12.3. The van der Waals surface area contributed by atoms with E-state index in [1.54, 1.807) is 26.3 Å². The summed E-state index contributed by atoms with van der Waals surface area (Å²) >= 11 is 0. The molecule has 0 saturated heterocycles. The number of carbonyl (C=O) groups is 1. The van der Waals surface area contributed by atoms with Crippen LogP contribution in [-0.4, -0.2) is 28.0 Å². The predicted molar refractivity (Wildman–Crippen MR) is 71.9 cm³/mol. The van der Waals surface area contributed by atoms with Crippen LogP contribution in [0.4, 0.5) is 0 Å². The second-order valence-electron chi connectivity index (χ2n) is 4.35. The topological polar surface area (TPSA) is 77.5 Å². The van der Waals surface area contributed by atoms with Crippen LogP contribution in [0.1, 0.15) is 10.4 Å². The molecule has 0 radical (unpaired) electrons. The fourth-order valence-electron chi connectivity index (χ4n) is 2.14. The van der Waals surface area contributed by atoms with Crippen LogP contribution >= 0.6 is 0 Å². The van der Waals surface area contributed by atoms with Crippen molar-refractivity contribution in [3.05, 3.63) is 36.0 Å². The van der Waals surface area contributed by atoms with Gasteiger partial charge in [-0.3, -0.25) is 4.68 Å². The molecule has 3 rings (SSSR count). The van der Waals surface area contributed by atoms with Crippen LogP contribution < -0.4 is 4.74 Å². The maximum atomic E-state index is 11.2. The van der Waals surface area contributed by atoms with Gasteiger partial charge in [0.1, 0.15) is 22.6 Å². The molecule has 0 spiro atoms. The summed E-state index contributed by atoms with van der Waals surface area (Å²) < 4.78 is 12.3. The van der Waals surface area contributed by atoms with E-state index in [2.05, 4.69) is 5.10 Å². The zero-order valence-corrected chi connectivity index (χ0v) is 11.0. The molecule has 0 aliphatic carbocycles. The zero-order valence-electron chi connectivity index (χ0n) is 11.0. The second-order valence-corrected chi connectivity index (χ2v) is 4.35. The van der Waals surface area contributed by atoms with Crippen molar-refractivity contribution in [1.82, 2.24) is 9.78 Å². The van der Waals surface area contributed by atoms with Crippen molar-refractivity contribution in [3.63, 3.8) is 0 Å². The summed E-state index contributed by atoms with van der Waals surface area (Å²) in [5.41, 5.74) is 1.18. The second kappa shape index (κ2) is 4.41. The van der Waals surface area contributed by atoms with Crippen LogP contribution in [0.5, 0.6) is 5.75 Å². The molecular weight excluding hydrogens is 260 g/mol. The predicted octanol–water partition coefficient (Wildman–Crippen LogP) is 2.54. The summed E-state index contributed by atoms with van der Waals surface area (Å²) in [5.74, 6) is 0.110. The van der Waals surface area contributed by atoms with Crippen molar-refractivity contribution >= 4 is 16.9 Å². The number of rotatable bonds is 3. The van der Waals surface area contributed by atoms with Gasteiger partial charge >= 0.3 is 5.97 Å². The van der Waals surface area contributed by atoms with Crippen LogP contribution in [0.2, 0.25) is 0 Å². The summed E-state index contributed by atoms with van der Waals surface area (Å²) in [7, 11) is 3.25. The van der Waals surface area contributed by atoms with Crippen molar-refractivity contribution in [1.29, 1.82) is 0 Å². The highest BCUT2D eigenvalue weighted by Crippen LogP contribution is 2.31. The molecule has 102 valence electrons. The third kappa shape index (κ3) is 1.82. The molecule has 3 aromatic rings. The lowest BCUT2D eigenvalue weighted by Gasteiger charge is -1.99. The number of ether oxygens (including phenoxy) is 1. The molecule has 0 amide bonds. The first-order valence-electron chi connectivity index (χ1n) is 5.93. The summed E-state index contributed by atoms with van der Waals surface area (Å²) in [4.78, 5) is 11.2. The Hall–Kier alpha value is -2.76. The number of fused-ring (bicyclic) bond motifs is 1. The third-order valence-electron chi connectivity index (χ3n) is 3.13. The minimum absolute atomic E-state index is 0.110. The van der Waals surface area contributed by atoms with Gasteiger partial charge in [0.15, 0.2) is 5.76 Å². The van der Waals surface area contributed by atoms with Gasteiger partial charge in [-0.1, -0.05) is 0 Å². The quantitative estimate of drug-likeness (QED) is 0.792. The first-order chi connectivity index (χ1) is 9.60. The highest BCUT2D eigenvalue weighted by Gasteiger charge is 2.20. The van der Waals surface area contributed by atoms with E-state index < -0.39 is 5.97 Å². The number of nitrogens with zero attached hydrogens (tertiary/aromatic N) is 2. The van der Waals surface area contributed by atoms with Crippen LogP contribution in [-0.2, 0) is 7.05 Å². The van der Waals surface area contributed by atoms with Crippen molar-refractivity contribution in [2.24, 2.45) is 7.05 Å². The van der Waals surface area contributed by atoms with Gasteiger partial charge in [-0.15, -0.1) is 0 Å². The Bertz CT molecular complexity index is 801. The molecular formula is C14H12N2O4. The van der Waals surface area contributed by atoms with E-state index in [4.69, 9.17) is 9.15 Å². The average Bonchev–Trinajstić information content (AvgIpc) is 3.00. The number of benzene rings is 1. The molecule has 1 aromatic carbocycles. The van der Waals surface area contributed by atoms with Crippen molar-refractivity contribution < 1.29 is 19.1 Å². The molecule has 0 fully saturated rings. The highest BCUT2D eigenvalue weighted by molar-refractivity contribution is 5.95. The molecule has 0 aliphatic heterocycles. The number of hydrogen-bond acceptors (Lipinski definition) is 4. The molecule has 0 bridgehead atoms. The number of carboxylic acid groups (broad SMARTS) is 1. The third-order valence-corrected chi connectivity index (χ3v) is 3.13. The van der Waals surface area contributed by atoms with E-state index in [1.807, 2.05) is 12.1 Å². The van der Waals surface area contributed by atoms with E-state index in [-0.39, 0.29) is 5.56 Å². The number of hydrogen-bond donors (Lipinski definition) is 1. The minimum atomic E-state index is -1.04. The lowest BCUT2D eigenvalue weighted by molar-refractivity contribution is 0.0697. The zero-order chi connectivity index (χ0) is 14.3. The standard InChI is InChI=1S/C14H12N2O4/c1-16-13(10(7-15-16)14(17)18)12-5-8-3-4-9(19-2)6-11(8)20-12/h3-7H,1-2H3,(H,17,18). The van der Waals surface area contributed by atoms with E-state index in [0.29, 0.717) is 22.8 Å². The van der Waals surface area contributed by atoms with Crippen molar-refractivity contribution in [2.45, 2.75) is 0 Å². The van der Waals surface area contributed by atoms with Gasteiger partial charge in [-0.05, 0) is 18.2 Å². The van der Waals surface area contributed by atoms with Crippen LogP contribution in [0.25, 0.3) is 22.4 Å². The number of aryl methyl sites for hydroxylation is 1. The average molecular weight is 272 g/mol. The lowest BCUT2D eigenvalue weighted by Crippen LogP contribution is -1.99. The Labute approximate surface area is 114 Å². The molecule has 2 aromatic heterocycles.